The van der Waals surface area contributed by atoms with Crippen LogP contribution in [0.1, 0.15) is 37.9 Å². The number of halogens is 1. The number of carbonyl (C=O) groups is 3. The first-order valence-corrected chi connectivity index (χ1v) is 11.4. The second kappa shape index (κ2) is 8.67. The molecule has 1 aliphatic carbocycles. The van der Waals surface area contributed by atoms with Crippen LogP contribution < -0.4 is 4.74 Å². The average Bonchev–Trinajstić information content (AvgIpc) is 3.04. The van der Waals surface area contributed by atoms with Crippen molar-refractivity contribution in [1.82, 2.24) is 4.90 Å². The maximum absolute atomic E-state index is 13.2. The zero-order chi connectivity index (χ0) is 23.3. The summed E-state index contributed by atoms with van der Waals surface area (Å²) in [7, 11) is 1.32. The Morgan fingerprint density at radius 1 is 1.28 bits per heavy atom. The van der Waals surface area contributed by atoms with Crippen LogP contribution in [-0.2, 0) is 19.0 Å². The van der Waals surface area contributed by atoms with Crippen molar-refractivity contribution in [3.05, 3.63) is 32.3 Å². The molecule has 0 bridgehead atoms. The smallest absolute Gasteiger partial charge is 0.487 e. The summed E-state index contributed by atoms with van der Waals surface area (Å²) in [6.07, 6.45) is -0.384. The van der Waals surface area contributed by atoms with E-state index in [0.717, 1.165) is 12.7 Å². The van der Waals surface area contributed by atoms with Crippen LogP contribution in [0.15, 0.2) is 23.2 Å². The molecule has 2 heterocycles. The van der Waals surface area contributed by atoms with Crippen molar-refractivity contribution >= 4 is 47.6 Å². The first-order chi connectivity index (χ1) is 15.2. The summed E-state index contributed by atoms with van der Waals surface area (Å²) in [6, 6.07) is 3.36. The lowest BCUT2D eigenvalue weighted by molar-refractivity contribution is -0.137. The van der Waals surface area contributed by atoms with Gasteiger partial charge >= 0.3 is 13.2 Å². The lowest BCUT2D eigenvalue weighted by Gasteiger charge is -2.42. The molecule has 4 atom stereocenters. The van der Waals surface area contributed by atoms with Crippen LogP contribution in [0.4, 0.5) is 4.79 Å². The quantitative estimate of drug-likeness (QED) is 0.332. The molecule has 0 aromatic heterocycles. The minimum absolute atomic E-state index is 0.00470. The van der Waals surface area contributed by atoms with Crippen molar-refractivity contribution in [3.63, 3.8) is 0 Å². The normalized spacial score (nSPS) is 27.4. The van der Waals surface area contributed by atoms with Crippen molar-refractivity contribution in [2.24, 2.45) is 17.8 Å². The molecule has 0 spiro atoms. The second-order valence-electron chi connectivity index (χ2n) is 8.10. The number of hydrogen-bond acceptors (Lipinski definition) is 8. The first kappa shape index (κ1) is 23.1. The highest BCUT2D eigenvalue weighted by Crippen LogP contribution is 2.52. The molecule has 2 aliphatic heterocycles. The number of nitrogens with zero attached hydrogens (tertiary/aromatic N) is 1. The summed E-state index contributed by atoms with van der Waals surface area (Å²) in [5, 5.41) is 21.1. The van der Waals surface area contributed by atoms with Crippen molar-refractivity contribution < 1.29 is 38.6 Å². The van der Waals surface area contributed by atoms with Crippen LogP contribution in [0.25, 0.3) is 0 Å². The van der Waals surface area contributed by atoms with Crippen LogP contribution in [0.5, 0.6) is 11.5 Å². The van der Waals surface area contributed by atoms with Crippen LogP contribution in [0.2, 0.25) is 0 Å². The highest BCUT2D eigenvalue weighted by Gasteiger charge is 2.59. The molecule has 3 aliphatic rings. The summed E-state index contributed by atoms with van der Waals surface area (Å²) in [5.74, 6) is -2.81. The van der Waals surface area contributed by atoms with Gasteiger partial charge in [-0.3, -0.25) is 9.59 Å². The zero-order valence-corrected chi connectivity index (χ0v) is 20.0. The Hall–Kier alpha value is -2.12. The number of ether oxygens (including phenoxy) is 2. The maximum atomic E-state index is 13.2. The third kappa shape index (κ3) is 3.50. The topological polar surface area (TPSA) is 123 Å². The van der Waals surface area contributed by atoms with Crippen LogP contribution in [-0.4, -0.2) is 54.3 Å². The summed E-state index contributed by atoms with van der Waals surface area (Å²) >= 11 is 1.98. The number of likely N-dealkylation sites (tertiary alicyclic amines) is 1. The van der Waals surface area contributed by atoms with Crippen molar-refractivity contribution in [3.8, 4) is 11.5 Å². The molecule has 11 heteroatoms. The molecule has 0 radical (unpaired) electrons. The fraction of sp³-hybridized carbons (Fsp3) is 0.476. The fourth-order valence-corrected chi connectivity index (χ4v) is 5.80. The number of benzene rings is 1. The molecular weight excluding hydrogens is 532 g/mol. The summed E-state index contributed by atoms with van der Waals surface area (Å²) in [6.45, 7) is 1.92. The third-order valence-corrected chi connectivity index (χ3v) is 7.46. The van der Waals surface area contributed by atoms with E-state index in [9.17, 15) is 24.5 Å². The maximum Gasteiger partial charge on any atom is 0.487 e. The predicted molar refractivity (Wildman–Crippen MR) is 120 cm³/mol. The van der Waals surface area contributed by atoms with Gasteiger partial charge in [0.05, 0.1) is 35.7 Å². The van der Waals surface area contributed by atoms with Gasteiger partial charge in [0, 0.05) is 0 Å². The number of phenols is 1. The van der Waals surface area contributed by atoms with Gasteiger partial charge in [0.1, 0.15) is 0 Å². The number of phenolic OH excluding ortho intramolecular Hbond substituents is 1. The van der Waals surface area contributed by atoms with E-state index in [2.05, 4.69) is 4.74 Å². The van der Waals surface area contributed by atoms with Crippen LogP contribution in [0.3, 0.4) is 0 Å². The highest BCUT2D eigenvalue weighted by molar-refractivity contribution is 14.1. The monoisotopic (exact) mass is 555 g/mol. The zero-order valence-electron chi connectivity index (χ0n) is 17.8. The van der Waals surface area contributed by atoms with Crippen LogP contribution >= 0.6 is 22.6 Å². The van der Waals surface area contributed by atoms with Gasteiger partial charge in [-0.2, -0.15) is 4.90 Å². The molecule has 2 N–H and O–H groups in total. The first-order valence-electron chi connectivity index (χ1n) is 10.3. The van der Waals surface area contributed by atoms with Gasteiger partial charge in [-0.25, -0.2) is 4.79 Å². The molecule has 4 rings (SSSR count). The molecule has 0 saturated carbocycles. The molecule has 170 valence electrons. The lowest BCUT2D eigenvalue weighted by Crippen LogP contribution is -2.45. The number of allylic oxidation sites excluding steroid dienone is 2. The number of carbonyl (C=O) groups excluding carboxylic acids is 3. The Morgan fingerprint density at radius 2 is 2.00 bits per heavy atom. The number of methoxy groups -OCH3 is 2. The molecule has 9 nitrogen and oxygen atoms in total. The van der Waals surface area contributed by atoms with Gasteiger partial charge in [-0.1, -0.05) is 12.5 Å². The molecule has 1 aromatic rings. The van der Waals surface area contributed by atoms with E-state index in [-0.39, 0.29) is 11.5 Å². The molecule has 2 saturated heterocycles. The molecule has 3 amide bonds. The molecule has 1 aromatic carbocycles. The van der Waals surface area contributed by atoms with Gasteiger partial charge in [-0.15, -0.1) is 0 Å². The third-order valence-electron chi connectivity index (χ3n) is 6.64. The average molecular weight is 555 g/mol. The predicted octanol–water partition coefficient (Wildman–Crippen LogP) is 2.58. The lowest BCUT2D eigenvalue weighted by atomic mass is 9.55. The van der Waals surface area contributed by atoms with Gasteiger partial charge in [0.25, 0.3) is 0 Å². The van der Waals surface area contributed by atoms with E-state index in [4.69, 9.17) is 9.39 Å². The Balaban J connectivity index is 1.75. The van der Waals surface area contributed by atoms with Crippen molar-refractivity contribution in [2.75, 3.05) is 14.2 Å². The molecule has 32 heavy (non-hydrogen) atoms. The van der Waals surface area contributed by atoms with E-state index in [1.54, 1.807) is 12.1 Å². The second-order valence-corrected chi connectivity index (χ2v) is 9.27. The SMILES string of the molecule is CCC1=C2B(O)O[C@H](c3cc(I)c(O)c(OC)c3)C[C@H]2[C@H]2C(=O)N(C(=O)OC)C(=O)[C@H]2C1. The fourth-order valence-electron chi connectivity index (χ4n) is 5.17. The Bertz CT molecular complexity index is 1030. The van der Waals surface area contributed by atoms with E-state index in [1.807, 2.05) is 29.5 Å². The number of rotatable bonds is 3. The number of hydrogen-bond donors (Lipinski definition) is 2. The largest absolute Gasteiger partial charge is 0.504 e. The van der Waals surface area contributed by atoms with E-state index < -0.39 is 48.9 Å². The number of amides is 3. The minimum Gasteiger partial charge on any atom is -0.504 e. The standard InChI is InChI=1S/C21H23BINO8/c1-4-9-5-12-16(20(27)24(19(12)26)21(28)31-3)11-8-14(32-22(29)17(9)11)10-6-13(23)18(25)15(7-10)30-2/h6-7,11-12,14,16,25,29H,4-5,8H2,1-3H3/t11-,12-,14-,16+/m0/s1. The summed E-state index contributed by atoms with van der Waals surface area (Å²) < 4.78 is 16.4. The molecular formula is C21H23BINO8. The van der Waals surface area contributed by atoms with Crippen LogP contribution in [0, 0.1) is 21.3 Å². The number of imide groups is 3. The van der Waals surface area contributed by atoms with Gasteiger partial charge in [-0.05, 0) is 70.9 Å². The Kier molecular flexibility index (Phi) is 6.25. The molecule has 0 unspecified atom stereocenters. The highest BCUT2D eigenvalue weighted by atomic mass is 127. The Labute approximate surface area is 199 Å². The van der Waals surface area contributed by atoms with E-state index >= 15 is 0 Å². The van der Waals surface area contributed by atoms with Crippen molar-refractivity contribution in [1.29, 1.82) is 0 Å². The van der Waals surface area contributed by atoms with Gasteiger partial charge in [0.2, 0.25) is 11.8 Å². The minimum atomic E-state index is -1.25. The van der Waals surface area contributed by atoms with Crippen molar-refractivity contribution in [2.45, 2.75) is 32.3 Å². The summed E-state index contributed by atoms with van der Waals surface area (Å²) in [5.41, 5.74) is 2.16. The van der Waals surface area contributed by atoms with E-state index in [0.29, 0.717) is 38.8 Å². The molecule has 2 fully saturated rings. The Morgan fingerprint density at radius 3 is 2.62 bits per heavy atom. The van der Waals surface area contributed by atoms with E-state index in [1.165, 1.54) is 7.11 Å². The van der Waals surface area contributed by atoms with Gasteiger partial charge in [0.15, 0.2) is 11.5 Å². The number of aromatic hydroxyl groups is 1. The van der Waals surface area contributed by atoms with Gasteiger partial charge < -0.3 is 24.3 Å². The number of fused-ring (bicyclic) bond motifs is 3. The summed E-state index contributed by atoms with van der Waals surface area (Å²) in [4.78, 5) is 38.8.